The predicted molar refractivity (Wildman–Crippen MR) is 84.8 cm³/mol. The normalized spacial score (nSPS) is 10.3. The molecule has 0 aliphatic heterocycles. The average Bonchev–Trinajstić information content (AvgIpc) is 2.57. The number of hydrogen-bond donors (Lipinski definition) is 0. The number of rotatable bonds is 5. The Labute approximate surface area is 124 Å². The van der Waals surface area contributed by atoms with E-state index < -0.39 is 0 Å². The number of pyridine rings is 2. The molecule has 0 radical (unpaired) electrons. The number of para-hydroxylation sites is 1. The van der Waals surface area contributed by atoms with Crippen molar-refractivity contribution in [3.63, 3.8) is 0 Å². The summed E-state index contributed by atoms with van der Waals surface area (Å²) in [6, 6.07) is 22.4. The zero-order chi connectivity index (χ0) is 14.3. The molecule has 0 saturated carbocycles. The third-order valence-corrected chi connectivity index (χ3v) is 3.28. The summed E-state index contributed by atoms with van der Waals surface area (Å²) in [7, 11) is 0. The van der Waals surface area contributed by atoms with Gasteiger partial charge >= 0.3 is 0 Å². The average molecular weight is 275 g/mol. The van der Waals surface area contributed by atoms with Crippen LogP contribution in [0.15, 0.2) is 79.1 Å². The molecule has 0 atom stereocenters. The smallest absolute Gasteiger partial charge is 0.0606 e. The molecule has 21 heavy (non-hydrogen) atoms. The van der Waals surface area contributed by atoms with E-state index in [0.29, 0.717) is 0 Å². The Bertz CT molecular complexity index is 612. The summed E-state index contributed by atoms with van der Waals surface area (Å²) in [5, 5.41) is 0. The second kappa shape index (κ2) is 6.66. The van der Waals surface area contributed by atoms with E-state index in [9.17, 15) is 0 Å². The van der Waals surface area contributed by atoms with E-state index in [0.717, 1.165) is 24.5 Å². The number of nitrogens with zero attached hydrogens (tertiary/aromatic N) is 3. The summed E-state index contributed by atoms with van der Waals surface area (Å²) >= 11 is 0. The molecule has 2 heterocycles. The maximum Gasteiger partial charge on any atom is 0.0606 e. The zero-order valence-corrected chi connectivity index (χ0v) is 11.8. The lowest BCUT2D eigenvalue weighted by atomic mass is 10.2. The van der Waals surface area contributed by atoms with Gasteiger partial charge in [-0.2, -0.15) is 0 Å². The predicted octanol–water partition coefficient (Wildman–Crippen LogP) is 3.68. The molecule has 0 saturated heterocycles. The fraction of sp³-hybridized carbons (Fsp3) is 0.111. The molecule has 0 unspecified atom stereocenters. The van der Waals surface area contributed by atoms with Crippen molar-refractivity contribution in [1.82, 2.24) is 9.97 Å². The van der Waals surface area contributed by atoms with Gasteiger partial charge in [0.1, 0.15) is 0 Å². The second-order valence-electron chi connectivity index (χ2n) is 4.83. The summed E-state index contributed by atoms with van der Waals surface area (Å²) in [6.07, 6.45) is 3.67. The van der Waals surface area contributed by atoms with Gasteiger partial charge in [-0.05, 0) is 36.4 Å². The second-order valence-corrected chi connectivity index (χ2v) is 4.83. The van der Waals surface area contributed by atoms with E-state index in [1.54, 1.807) is 0 Å². The molecule has 3 heteroatoms. The highest BCUT2D eigenvalue weighted by Crippen LogP contribution is 2.18. The number of aromatic nitrogens is 2. The molecule has 1 aromatic carbocycles. The van der Waals surface area contributed by atoms with E-state index in [2.05, 4.69) is 39.1 Å². The Morgan fingerprint density at radius 3 is 1.62 bits per heavy atom. The van der Waals surface area contributed by atoms with Crippen molar-refractivity contribution in [2.75, 3.05) is 4.90 Å². The van der Waals surface area contributed by atoms with Gasteiger partial charge in [-0.3, -0.25) is 9.97 Å². The highest BCUT2D eigenvalue weighted by atomic mass is 15.1. The first-order chi connectivity index (χ1) is 10.4. The molecule has 3 nitrogen and oxygen atoms in total. The van der Waals surface area contributed by atoms with Crippen LogP contribution < -0.4 is 4.90 Å². The number of hydrogen-bond acceptors (Lipinski definition) is 3. The van der Waals surface area contributed by atoms with Crippen molar-refractivity contribution in [1.29, 1.82) is 0 Å². The minimum atomic E-state index is 0.765. The lowest BCUT2D eigenvalue weighted by Crippen LogP contribution is -2.23. The molecule has 0 spiro atoms. The van der Waals surface area contributed by atoms with Gasteiger partial charge < -0.3 is 4.90 Å². The molecular weight excluding hydrogens is 258 g/mol. The third-order valence-electron chi connectivity index (χ3n) is 3.28. The Morgan fingerprint density at radius 1 is 0.619 bits per heavy atom. The van der Waals surface area contributed by atoms with E-state index in [1.807, 2.05) is 54.9 Å². The first-order valence-corrected chi connectivity index (χ1v) is 7.01. The molecule has 0 aliphatic carbocycles. The molecule has 0 fully saturated rings. The quantitative estimate of drug-likeness (QED) is 0.711. The summed E-state index contributed by atoms with van der Waals surface area (Å²) in [6.45, 7) is 1.53. The van der Waals surface area contributed by atoms with Gasteiger partial charge in [-0.15, -0.1) is 0 Å². The van der Waals surface area contributed by atoms with Crippen molar-refractivity contribution < 1.29 is 0 Å². The Kier molecular flexibility index (Phi) is 4.22. The van der Waals surface area contributed by atoms with Gasteiger partial charge in [0.05, 0.1) is 24.5 Å². The van der Waals surface area contributed by atoms with Crippen LogP contribution in [-0.2, 0) is 13.1 Å². The van der Waals surface area contributed by atoms with Gasteiger partial charge in [0.2, 0.25) is 0 Å². The van der Waals surface area contributed by atoms with Crippen molar-refractivity contribution in [3.05, 3.63) is 90.5 Å². The fourth-order valence-electron chi connectivity index (χ4n) is 2.25. The van der Waals surface area contributed by atoms with Crippen molar-refractivity contribution in [2.24, 2.45) is 0 Å². The number of anilines is 1. The molecule has 0 aliphatic rings. The third kappa shape index (κ3) is 3.66. The van der Waals surface area contributed by atoms with Crippen LogP contribution in [0.2, 0.25) is 0 Å². The first-order valence-electron chi connectivity index (χ1n) is 7.01. The van der Waals surface area contributed by atoms with E-state index in [4.69, 9.17) is 0 Å². The summed E-state index contributed by atoms with van der Waals surface area (Å²) in [4.78, 5) is 11.1. The van der Waals surface area contributed by atoms with E-state index in [1.165, 1.54) is 5.69 Å². The topological polar surface area (TPSA) is 29.0 Å². The SMILES string of the molecule is c1ccc(N(Cc2ccccn2)Cc2ccccn2)cc1. The lowest BCUT2D eigenvalue weighted by Gasteiger charge is -2.24. The van der Waals surface area contributed by atoms with Crippen LogP contribution >= 0.6 is 0 Å². The van der Waals surface area contributed by atoms with Gasteiger partial charge in [0, 0.05) is 18.1 Å². The minimum Gasteiger partial charge on any atom is -0.360 e. The van der Waals surface area contributed by atoms with Gasteiger partial charge in [-0.25, -0.2) is 0 Å². The largest absolute Gasteiger partial charge is 0.360 e. The molecule has 0 amide bonds. The molecular formula is C18H17N3. The Balaban J connectivity index is 1.84. The van der Waals surface area contributed by atoms with Crippen LogP contribution in [0.1, 0.15) is 11.4 Å². The maximum atomic E-state index is 4.42. The summed E-state index contributed by atoms with van der Waals surface area (Å²) in [5.41, 5.74) is 3.28. The van der Waals surface area contributed by atoms with E-state index in [-0.39, 0.29) is 0 Å². The minimum absolute atomic E-state index is 0.765. The standard InChI is InChI=1S/C18H17N3/c1-2-10-18(11-3-1)21(14-16-8-4-6-12-19-16)15-17-9-5-7-13-20-17/h1-13H,14-15H2. The van der Waals surface area contributed by atoms with Crippen LogP contribution in [0.5, 0.6) is 0 Å². The maximum absolute atomic E-state index is 4.42. The first kappa shape index (κ1) is 13.3. The van der Waals surface area contributed by atoms with Crippen molar-refractivity contribution in [2.45, 2.75) is 13.1 Å². The molecule has 104 valence electrons. The summed E-state index contributed by atoms with van der Waals surface area (Å²) < 4.78 is 0. The molecule has 2 aromatic heterocycles. The monoisotopic (exact) mass is 275 g/mol. The molecule has 0 bridgehead atoms. The summed E-state index contributed by atoms with van der Waals surface area (Å²) in [5.74, 6) is 0. The number of benzene rings is 1. The van der Waals surface area contributed by atoms with Crippen LogP contribution in [0.3, 0.4) is 0 Å². The van der Waals surface area contributed by atoms with Gasteiger partial charge in [0.25, 0.3) is 0 Å². The Hall–Kier alpha value is -2.68. The van der Waals surface area contributed by atoms with Crippen LogP contribution in [0, 0.1) is 0 Å². The van der Waals surface area contributed by atoms with Crippen molar-refractivity contribution in [3.8, 4) is 0 Å². The van der Waals surface area contributed by atoms with Gasteiger partial charge in [-0.1, -0.05) is 30.3 Å². The van der Waals surface area contributed by atoms with E-state index >= 15 is 0 Å². The molecule has 0 N–H and O–H groups in total. The lowest BCUT2D eigenvalue weighted by molar-refractivity contribution is 0.765. The van der Waals surface area contributed by atoms with Gasteiger partial charge in [0.15, 0.2) is 0 Å². The molecule has 3 rings (SSSR count). The van der Waals surface area contributed by atoms with Crippen LogP contribution in [-0.4, -0.2) is 9.97 Å². The highest BCUT2D eigenvalue weighted by molar-refractivity contribution is 5.46. The zero-order valence-electron chi connectivity index (χ0n) is 11.8. The fourth-order valence-corrected chi connectivity index (χ4v) is 2.25. The van der Waals surface area contributed by atoms with Crippen LogP contribution in [0.25, 0.3) is 0 Å². The molecule has 3 aromatic rings. The van der Waals surface area contributed by atoms with Crippen molar-refractivity contribution >= 4 is 5.69 Å². The Morgan fingerprint density at radius 2 is 1.14 bits per heavy atom. The highest BCUT2D eigenvalue weighted by Gasteiger charge is 2.09. The van der Waals surface area contributed by atoms with Crippen LogP contribution in [0.4, 0.5) is 5.69 Å².